The minimum atomic E-state index is -1.01. The van der Waals surface area contributed by atoms with E-state index in [1.807, 2.05) is 0 Å². The van der Waals surface area contributed by atoms with Crippen LogP contribution in [0.15, 0.2) is 18.2 Å². The minimum absolute atomic E-state index is 0.0665. The van der Waals surface area contributed by atoms with Gasteiger partial charge in [-0.1, -0.05) is 51.2 Å². The lowest BCUT2D eigenvalue weighted by molar-refractivity contribution is -0.136. The van der Waals surface area contributed by atoms with Crippen LogP contribution in [0.4, 0.5) is 4.79 Å². The molecule has 0 saturated carbocycles. The van der Waals surface area contributed by atoms with Gasteiger partial charge in [-0.15, -0.1) is 0 Å². The average molecular weight is 443 g/mol. The van der Waals surface area contributed by atoms with Crippen molar-refractivity contribution in [1.29, 1.82) is 0 Å². The zero-order chi connectivity index (χ0) is 23.1. The SMILES string of the molecule is CCCCCCCCNC(=O)NCc1cccc2c1C(=O)N(C1CCC(=O)NC1=O)C2=O. The summed E-state index contributed by atoms with van der Waals surface area (Å²) in [6.07, 6.45) is 6.95. The van der Waals surface area contributed by atoms with Gasteiger partial charge in [-0.25, -0.2) is 4.79 Å². The molecule has 1 aromatic carbocycles. The Bertz CT molecular complexity index is 914. The van der Waals surface area contributed by atoms with E-state index in [2.05, 4.69) is 22.9 Å². The van der Waals surface area contributed by atoms with Crippen molar-refractivity contribution >= 4 is 29.7 Å². The maximum Gasteiger partial charge on any atom is 0.315 e. The molecule has 32 heavy (non-hydrogen) atoms. The van der Waals surface area contributed by atoms with Crippen molar-refractivity contribution in [3.05, 3.63) is 34.9 Å². The topological polar surface area (TPSA) is 125 Å². The second-order valence-electron chi connectivity index (χ2n) is 8.16. The molecule has 2 aliphatic rings. The van der Waals surface area contributed by atoms with E-state index in [4.69, 9.17) is 0 Å². The normalized spacial score (nSPS) is 17.9. The van der Waals surface area contributed by atoms with Crippen LogP contribution in [0, 0.1) is 0 Å². The van der Waals surface area contributed by atoms with Gasteiger partial charge in [0, 0.05) is 19.5 Å². The van der Waals surface area contributed by atoms with Crippen LogP contribution in [0.25, 0.3) is 0 Å². The zero-order valence-corrected chi connectivity index (χ0v) is 18.4. The Balaban J connectivity index is 1.56. The summed E-state index contributed by atoms with van der Waals surface area (Å²) in [7, 11) is 0. The Hall–Kier alpha value is -3.23. The molecule has 1 unspecified atom stereocenters. The van der Waals surface area contributed by atoms with E-state index in [1.165, 1.54) is 25.3 Å². The first-order chi connectivity index (χ1) is 15.4. The predicted octanol–water partition coefficient (Wildman–Crippen LogP) is 2.25. The highest BCUT2D eigenvalue weighted by atomic mass is 16.2. The lowest BCUT2D eigenvalue weighted by atomic mass is 10.0. The number of nitrogens with zero attached hydrogens (tertiary/aromatic N) is 1. The van der Waals surface area contributed by atoms with E-state index in [-0.39, 0.29) is 36.5 Å². The summed E-state index contributed by atoms with van der Waals surface area (Å²) in [5.74, 6) is -2.21. The molecule has 3 rings (SSSR count). The molecule has 9 heteroatoms. The molecule has 0 radical (unpaired) electrons. The Kier molecular flexibility index (Phi) is 7.97. The summed E-state index contributed by atoms with van der Waals surface area (Å²) in [6.45, 7) is 2.82. The third-order valence-electron chi connectivity index (χ3n) is 5.81. The summed E-state index contributed by atoms with van der Waals surface area (Å²) in [5, 5.41) is 7.71. The molecule has 3 N–H and O–H groups in total. The molecule has 2 heterocycles. The quantitative estimate of drug-likeness (QED) is 0.379. The summed E-state index contributed by atoms with van der Waals surface area (Å²) < 4.78 is 0. The Morgan fingerprint density at radius 3 is 2.53 bits per heavy atom. The monoisotopic (exact) mass is 442 g/mol. The lowest BCUT2D eigenvalue weighted by Gasteiger charge is -2.27. The van der Waals surface area contributed by atoms with Crippen molar-refractivity contribution in [3.63, 3.8) is 0 Å². The molecular formula is C23H30N4O5. The van der Waals surface area contributed by atoms with Gasteiger partial charge >= 0.3 is 6.03 Å². The smallest absolute Gasteiger partial charge is 0.315 e. The van der Waals surface area contributed by atoms with Gasteiger partial charge in [-0.2, -0.15) is 0 Å². The van der Waals surface area contributed by atoms with Gasteiger partial charge in [0.25, 0.3) is 11.8 Å². The van der Waals surface area contributed by atoms with Crippen LogP contribution in [0.3, 0.4) is 0 Å². The maximum atomic E-state index is 13.0. The Morgan fingerprint density at radius 2 is 1.78 bits per heavy atom. The van der Waals surface area contributed by atoms with Crippen molar-refractivity contribution < 1.29 is 24.0 Å². The number of unbranched alkanes of at least 4 members (excludes halogenated alkanes) is 5. The molecule has 9 nitrogen and oxygen atoms in total. The highest BCUT2D eigenvalue weighted by Crippen LogP contribution is 2.29. The average Bonchev–Trinajstić information content (AvgIpc) is 3.02. The molecule has 1 saturated heterocycles. The van der Waals surface area contributed by atoms with E-state index >= 15 is 0 Å². The van der Waals surface area contributed by atoms with Crippen molar-refractivity contribution in [3.8, 4) is 0 Å². The van der Waals surface area contributed by atoms with Crippen LogP contribution in [-0.4, -0.2) is 47.1 Å². The molecule has 0 spiro atoms. The fourth-order valence-electron chi connectivity index (χ4n) is 4.08. The third kappa shape index (κ3) is 5.33. The largest absolute Gasteiger partial charge is 0.338 e. The number of piperidine rings is 1. The van der Waals surface area contributed by atoms with E-state index in [0.717, 1.165) is 24.2 Å². The van der Waals surface area contributed by atoms with Gasteiger partial charge in [0.05, 0.1) is 11.1 Å². The van der Waals surface area contributed by atoms with Crippen LogP contribution in [0.2, 0.25) is 0 Å². The number of carbonyl (C=O) groups excluding carboxylic acids is 5. The minimum Gasteiger partial charge on any atom is -0.338 e. The molecule has 0 aromatic heterocycles. The van der Waals surface area contributed by atoms with Crippen LogP contribution in [0.5, 0.6) is 0 Å². The molecule has 0 bridgehead atoms. The number of carbonyl (C=O) groups is 5. The first-order valence-electron chi connectivity index (χ1n) is 11.3. The van der Waals surface area contributed by atoms with Crippen molar-refractivity contribution in [2.45, 2.75) is 70.9 Å². The number of urea groups is 1. The molecule has 1 fully saturated rings. The zero-order valence-electron chi connectivity index (χ0n) is 18.4. The van der Waals surface area contributed by atoms with Crippen LogP contribution < -0.4 is 16.0 Å². The van der Waals surface area contributed by atoms with Gasteiger partial charge < -0.3 is 10.6 Å². The molecule has 6 amide bonds. The van der Waals surface area contributed by atoms with E-state index in [0.29, 0.717) is 12.1 Å². The molecule has 1 aromatic rings. The van der Waals surface area contributed by atoms with Crippen molar-refractivity contribution in [2.75, 3.05) is 6.54 Å². The molecule has 2 aliphatic heterocycles. The van der Waals surface area contributed by atoms with Crippen molar-refractivity contribution in [2.24, 2.45) is 0 Å². The summed E-state index contributed by atoms with van der Waals surface area (Å²) >= 11 is 0. The molecule has 172 valence electrons. The number of hydrogen-bond donors (Lipinski definition) is 3. The van der Waals surface area contributed by atoms with Gasteiger partial charge in [-0.3, -0.25) is 29.4 Å². The fourth-order valence-corrected chi connectivity index (χ4v) is 4.08. The van der Waals surface area contributed by atoms with E-state index in [1.54, 1.807) is 12.1 Å². The fraction of sp³-hybridized carbons (Fsp3) is 0.522. The van der Waals surface area contributed by atoms with Gasteiger partial charge in [-0.05, 0) is 24.5 Å². The first-order valence-corrected chi connectivity index (χ1v) is 11.3. The standard InChI is InChI=1S/C23H30N4O5/c1-2-3-4-5-6-7-13-24-23(32)25-14-15-9-8-10-16-19(15)22(31)27(21(16)30)17-11-12-18(28)26-20(17)29/h8-10,17H,2-7,11-14H2,1H3,(H2,24,25,32)(H,26,28,29). The van der Waals surface area contributed by atoms with Crippen molar-refractivity contribution in [1.82, 2.24) is 20.9 Å². The Labute approximate surface area is 187 Å². The number of amides is 6. The first kappa shape index (κ1) is 23.4. The second kappa shape index (κ2) is 10.9. The number of benzene rings is 1. The van der Waals surface area contributed by atoms with Crippen LogP contribution in [-0.2, 0) is 16.1 Å². The van der Waals surface area contributed by atoms with Crippen LogP contribution >= 0.6 is 0 Å². The highest BCUT2D eigenvalue weighted by molar-refractivity contribution is 6.24. The van der Waals surface area contributed by atoms with Gasteiger partial charge in [0.2, 0.25) is 11.8 Å². The predicted molar refractivity (Wildman–Crippen MR) is 117 cm³/mol. The maximum absolute atomic E-state index is 13.0. The molecule has 1 atom stereocenters. The number of fused-ring (bicyclic) bond motifs is 1. The number of rotatable bonds is 10. The second-order valence-corrected chi connectivity index (χ2v) is 8.16. The third-order valence-corrected chi connectivity index (χ3v) is 5.81. The molecular weight excluding hydrogens is 412 g/mol. The van der Waals surface area contributed by atoms with Crippen LogP contribution in [0.1, 0.15) is 84.6 Å². The highest BCUT2D eigenvalue weighted by Gasteiger charge is 2.45. The number of hydrogen-bond acceptors (Lipinski definition) is 5. The van der Waals surface area contributed by atoms with Gasteiger partial charge in [0.1, 0.15) is 6.04 Å². The Morgan fingerprint density at radius 1 is 1.03 bits per heavy atom. The van der Waals surface area contributed by atoms with E-state index in [9.17, 15) is 24.0 Å². The summed E-state index contributed by atoms with van der Waals surface area (Å²) in [4.78, 5) is 62.5. The molecule has 0 aliphatic carbocycles. The number of imide groups is 2. The summed E-state index contributed by atoms with van der Waals surface area (Å²) in [6, 6.07) is 3.50. The summed E-state index contributed by atoms with van der Waals surface area (Å²) in [5.41, 5.74) is 0.898. The van der Waals surface area contributed by atoms with E-state index < -0.39 is 29.7 Å². The van der Waals surface area contributed by atoms with Gasteiger partial charge in [0.15, 0.2) is 0 Å². The lowest BCUT2D eigenvalue weighted by Crippen LogP contribution is -2.54. The number of nitrogens with one attached hydrogen (secondary N) is 3.